The average Bonchev–Trinajstić information content (AvgIpc) is 2.74. The van der Waals surface area contributed by atoms with Crippen LogP contribution in [0.3, 0.4) is 0 Å². The highest BCUT2D eigenvalue weighted by molar-refractivity contribution is 5.38. The van der Waals surface area contributed by atoms with Gasteiger partial charge in [0.25, 0.3) is 0 Å². The quantitative estimate of drug-likeness (QED) is 0.850. The Kier molecular flexibility index (Phi) is 3.17. The maximum absolute atomic E-state index is 5.45. The van der Waals surface area contributed by atoms with Gasteiger partial charge >= 0.3 is 6.01 Å². The van der Waals surface area contributed by atoms with Crippen LogP contribution in [-0.4, -0.2) is 31.8 Å². The van der Waals surface area contributed by atoms with E-state index >= 15 is 0 Å². The van der Waals surface area contributed by atoms with Crippen molar-refractivity contribution in [3.8, 4) is 11.9 Å². The van der Waals surface area contributed by atoms with Gasteiger partial charge in [0, 0.05) is 26.6 Å². The molecule has 0 saturated heterocycles. The van der Waals surface area contributed by atoms with Gasteiger partial charge in [-0.3, -0.25) is 4.68 Å². The van der Waals surface area contributed by atoms with Crippen LogP contribution in [0.25, 0.3) is 0 Å². The summed E-state index contributed by atoms with van der Waals surface area (Å²) in [5.74, 6) is 1.86. The van der Waals surface area contributed by atoms with Crippen molar-refractivity contribution in [3.05, 3.63) is 18.2 Å². The number of aromatic nitrogens is 5. The number of hydrogen-bond acceptors (Lipinski definition) is 6. The molecule has 0 aliphatic rings. The smallest absolute Gasteiger partial charge is 0.342 e. The zero-order valence-corrected chi connectivity index (χ0v) is 10.0. The molecular weight excluding hydrogens is 220 g/mol. The molecule has 0 aromatic carbocycles. The summed E-state index contributed by atoms with van der Waals surface area (Å²) in [6.45, 7) is 1.98. The third-order valence-electron chi connectivity index (χ3n) is 2.10. The number of hydrogen-bond donors (Lipinski definition) is 1. The van der Waals surface area contributed by atoms with Gasteiger partial charge in [-0.15, -0.1) is 5.10 Å². The molecule has 0 bridgehead atoms. The lowest BCUT2D eigenvalue weighted by Gasteiger charge is -2.05. The van der Waals surface area contributed by atoms with Crippen LogP contribution in [0, 0.1) is 0 Å². The van der Waals surface area contributed by atoms with E-state index in [1.807, 2.05) is 6.92 Å². The Hall–Kier alpha value is -2.18. The third-order valence-corrected chi connectivity index (χ3v) is 2.10. The fraction of sp³-hybridized carbons (Fsp3) is 0.400. The molecule has 0 fully saturated rings. The Bertz CT molecular complexity index is 487. The van der Waals surface area contributed by atoms with E-state index in [1.165, 1.54) is 0 Å². The molecule has 0 unspecified atom stereocenters. The fourth-order valence-corrected chi connectivity index (χ4v) is 1.27. The average molecular weight is 234 g/mol. The van der Waals surface area contributed by atoms with E-state index in [4.69, 9.17) is 4.74 Å². The van der Waals surface area contributed by atoms with E-state index in [9.17, 15) is 0 Å². The third kappa shape index (κ3) is 2.68. The van der Waals surface area contributed by atoms with Gasteiger partial charge in [0.2, 0.25) is 5.88 Å². The van der Waals surface area contributed by atoms with Gasteiger partial charge in [0.15, 0.2) is 0 Å². The van der Waals surface area contributed by atoms with E-state index in [-0.39, 0.29) is 6.01 Å². The Morgan fingerprint density at radius 2 is 2.24 bits per heavy atom. The maximum atomic E-state index is 5.45. The largest absolute Gasteiger partial charge is 0.404 e. The molecule has 0 saturated carbocycles. The van der Waals surface area contributed by atoms with Crippen LogP contribution in [0.5, 0.6) is 11.9 Å². The van der Waals surface area contributed by atoms with E-state index in [0.29, 0.717) is 17.5 Å². The van der Waals surface area contributed by atoms with Crippen LogP contribution < -0.4 is 10.1 Å². The Balaban J connectivity index is 2.25. The number of nitrogens with zero attached hydrogens (tertiary/aromatic N) is 5. The topological polar surface area (TPSA) is 77.8 Å². The van der Waals surface area contributed by atoms with E-state index in [2.05, 4.69) is 25.4 Å². The monoisotopic (exact) mass is 234 g/mol. The highest BCUT2D eigenvalue weighted by atomic mass is 16.5. The van der Waals surface area contributed by atoms with Crippen molar-refractivity contribution >= 4 is 5.82 Å². The molecule has 7 nitrogen and oxygen atoms in total. The molecule has 2 heterocycles. The highest BCUT2D eigenvalue weighted by Gasteiger charge is 2.07. The summed E-state index contributed by atoms with van der Waals surface area (Å²) < 4.78 is 7.02. The molecule has 2 aromatic heterocycles. The standard InChI is InChI=1S/C10H14N6O/c1-4-7-13-8(11-2)5-9(14-7)17-10-12-6-16(3)15-10/h5-6H,4H2,1-3H3,(H,11,13,14). The number of aryl methyl sites for hydroxylation is 2. The summed E-state index contributed by atoms with van der Waals surface area (Å²) in [7, 11) is 3.57. The summed E-state index contributed by atoms with van der Waals surface area (Å²) in [4.78, 5) is 12.5. The molecule has 0 atom stereocenters. The van der Waals surface area contributed by atoms with Crippen LogP contribution >= 0.6 is 0 Å². The predicted molar refractivity (Wildman–Crippen MR) is 62.0 cm³/mol. The van der Waals surface area contributed by atoms with Gasteiger partial charge in [0.05, 0.1) is 0 Å². The molecule has 0 amide bonds. The summed E-state index contributed by atoms with van der Waals surface area (Å²) >= 11 is 0. The summed E-state index contributed by atoms with van der Waals surface area (Å²) in [5.41, 5.74) is 0. The summed E-state index contributed by atoms with van der Waals surface area (Å²) in [5, 5.41) is 6.98. The van der Waals surface area contributed by atoms with Gasteiger partial charge in [0.1, 0.15) is 18.0 Å². The number of anilines is 1. The molecule has 1 N–H and O–H groups in total. The first-order valence-electron chi connectivity index (χ1n) is 5.30. The minimum atomic E-state index is 0.273. The van der Waals surface area contributed by atoms with Crippen molar-refractivity contribution in [3.63, 3.8) is 0 Å². The van der Waals surface area contributed by atoms with Crippen LogP contribution in [0.4, 0.5) is 5.82 Å². The first-order chi connectivity index (χ1) is 8.21. The molecule has 2 rings (SSSR count). The number of nitrogens with one attached hydrogen (secondary N) is 1. The Labute approximate surface area is 98.9 Å². The van der Waals surface area contributed by atoms with Crippen molar-refractivity contribution in [2.75, 3.05) is 12.4 Å². The van der Waals surface area contributed by atoms with Crippen LogP contribution in [0.15, 0.2) is 12.4 Å². The number of rotatable bonds is 4. The lowest BCUT2D eigenvalue weighted by atomic mass is 10.4. The molecule has 2 aromatic rings. The van der Waals surface area contributed by atoms with Crippen molar-refractivity contribution < 1.29 is 4.74 Å². The molecule has 17 heavy (non-hydrogen) atoms. The van der Waals surface area contributed by atoms with Gasteiger partial charge in [-0.25, -0.2) is 4.98 Å². The molecule has 0 aliphatic carbocycles. The molecule has 90 valence electrons. The van der Waals surface area contributed by atoms with Crippen molar-refractivity contribution in [2.45, 2.75) is 13.3 Å². The minimum absolute atomic E-state index is 0.273. The van der Waals surface area contributed by atoms with Crippen molar-refractivity contribution in [2.24, 2.45) is 7.05 Å². The molecule has 7 heteroatoms. The highest BCUT2D eigenvalue weighted by Crippen LogP contribution is 2.18. The van der Waals surface area contributed by atoms with Crippen LogP contribution in [0.1, 0.15) is 12.7 Å². The molecule has 0 aliphatic heterocycles. The predicted octanol–water partition coefficient (Wildman–Crippen LogP) is 1.00. The second-order valence-electron chi connectivity index (χ2n) is 3.41. The first-order valence-corrected chi connectivity index (χ1v) is 5.30. The second-order valence-corrected chi connectivity index (χ2v) is 3.41. The van der Waals surface area contributed by atoms with Crippen LogP contribution in [0.2, 0.25) is 0 Å². The van der Waals surface area contributed by atoms with Crippen molar-refractivity contribution in [1.29, 1.82) is 0 Å². The van der Waals surface area contributed by atoms with Crippen LogP contribution in [-0.2, 0) is 13.5 Å². The Morgan fingerprint density at radius 1 is 1.41 bits per heavy atom. The molecule has 0 radical (unpaired) electrons. The Morgan fingerprint density at radius 3 is 2.82 bits per heavy atom. The maximum Gasteiger partial charge on any atom is 0.342 e. The van der Waals surface area contributed by atoms with E-state index in [0.717, 1.165) is 6.42 Å². The lowest BCUT2D eigenvalue weighted by Crippen LogP contribution is -2.01. The molecular formula is C10H14N6O. The normalized spacial score (nSPS) is 10.3. The summed E-state index contributed by atoms with van der Waals surface area (Å²) in [6.07, 6.45) is 2.30. The zero-order valence-electron chi connectivity index (χ0n) is 10.0. The minimum Gasteiger partial charge on any atom is -0.404 e. The number of ether oxygens (including phenoxy) is 1. The van der Waals surface area contributed by atoms with Gasteiger partial charge in [-0.1, -0.05) is 6.92 Å². The van der Waals surface area contributed by atoms with Crippen molar-refractivity contribution in [1.82, 2.24) is 24.7 Å². The van der Waals surface area contributed by atoms with E-state index < -0.39 is 0 Å². The van der Waals surface area contributed by atoms with Gasteiger partial charge < -0.3 is 10.1 Å². The fourth-order valence-electron chi connectivity index (χ4n) is 1.27. The summed E-state index contributed by atoms with van der Waals surface area (Å²) in [6, 6.07) is 1.98. The lowest BCUT2D eigenvalue weighted by molar-refractivity contribution is 0.420. The van der Waals surface area contributed by atoms with E-state index in [1.54, 1.807) is 31.2 Å². The first kappa shape index (κ1) is 11.3. The zero-order chi connectivity index (χ0) is 12.3. The SMILES string of the molecule is CCc1nc(NC)cc(Oc2ncn(C)n2)n1. The van der Waals surface area contributed by atoms with Gasteiger partial charge in [-0.05, 0) is 0 Å². The second kappa shape index (κ2) is 4.77. The molecule has 0 spiro atoms. The van der Waals surface area contributed by atoms with Gasteiger partial charge in [-0.2, -0.15) is 9.97 Å².